The molecule has 6 atom stereocenters. The van der Waals surface area contributed by atoms with Gasteiger partial charge < -0.3 is 92.5 Å². The average Bonchev–Trinajstić information content (AvgIpc) is 3.25. The lowest BCUT2D eigenvalue weighted by Crippen LogP contribution is -2.61. The number of aliphatic carboxylic acids is 2. The van der Waals surface area contributed by atoms with E-state index in [4.69, 9.17) is 39.5 Å². The highest BCUT2D eigenvalue weighted by molar-refractivity contribution is 5.99. The lowest BCUT2D eigenvalue weighted by atomic mass is 9.98. The van der Waals surface area contributed by atoms with Crippen LogP contribution >= 0.6 is 0 Å². The van der Waals surface area contributed by atoms with Gasteiger partial charge in [0.1, 0.15) is 42.8 Å². The number of aliphatic imine (C=N–C) groups is 2. The van der Waals surface area contributed by atoms with E-state index in [0.29, 0.717) is 0 Å². The van der Waals surface area contributed by atoms with Crippen molar-refractivity contribution in [1.29, 1.82) is 0 Å². The summed E-state index contributed by atoms with van der Waals surface area (Å²) in [5.41, 5.74) is 31.8. The molecule has 69 heavy (non-hydrogen) atoms. The molecule has 0 aromatic heterocycles. The molecule has 0 aliphatic carbocycles. The van der Waals surface area contributed by atoms with Crippen LogP contribution in [-0.4, -0.2) is 169 Å². The normalized spacial score (nSPS) is 13.3. The zero-order chi connectivity index (χ0) is 53.0. The summed E-state index contributed by atoms with van der Waals surface area (Å²) in [5.74, 6) is -14.5. The third kappa shape index (κ3) is 26.8. The number of nitrogens with one attached hydrogen (secondary N) is 9. The van der Waals surface area contributed by atoms with Crippen molar-refractivity contribution in [3.05, 3.63) is 0 Å². The maximum Gasteiger partial charge on any atom is 0.322 e. The zero-order valence-electron chi connectivity index (χ0n) is 38.8. The summed E-state index contributed by atoms with van der Waals surface area (Å²) in [6.45, 7) is 3.34. The number of carboxylic acids is 2. The van der Waals surface area contributed by atoms with Crippen LogP contribution in [0.5, 0.6) is 0 Å². The number of amides is 10. The Morgan fingerprint density at radius 2 is 0.826 bits per heavy atom. The number of hydrogen-bond acceptors (Lipinski definition) is 15. The van der Waals surface area contributed by atoms with E-state index in [0.717, 1.165) is 0 Å². The summed E-state index contributed by atoms with van der Waals surface area (Å²) in [6, 6.07) is -8.93. The summed E-state index contributed by atoms with van der Waals surface area (Å²) in [6.07, 6.45) is -1.41. The molecule has 0 fully saturated rings. The van der Waals surface area contributed by atoms with Crippen LogP contribution in [0.15, 0.2) is 9.98 Å². The third-order valence-electron chi connectivity index (χ3n) is 9.20. The van der Waals surface area contributed by atoms with Crippen molar-refractivity contribution in [3.63, 3.8) is 0 Å². The van der Waals surface area contributed by atoms with Gasteiger partial charge >= 0.3 is 11.9 Å². The first-order chi connectivity index (χ1) is 32.2. The molecule has 31 nitrogen and oxygen atoms in total. The first-order valence-electron chi connectivity index (χ1n) is 21.3. The number of hydrogen-bond donors (Lipinski definition) is 17. The van der Waals surface area contributed by atoms with E-state index in [1.54, 1.807) is 0 Å². The van der Waals surface area contributed by atoms with E-state index in [1.165, 1.54) is 27.7 Å². The predicted octanol–water partition coefficient (Wildman–Crippen LogP) is -8.94. The highest BCUT2D eigenvalue weighted by atomic mass is 16.4. The van der Waals surface area contributed by atoms with Crippen LogP contribution < -0.4 is 82.3 Å². The van der Waals surface area contributed by atoms with E-state index in [-0.39, 0.29) is 50.7 Å². The molecule has 0 unspecified atom stereocenters. The van der Waals surface area contributed by atoms with Crippen LogP contribution in [0.25, 0.3) is 0 Å². The van der Waals surface area contributed by atoms with Gasteiger partial charge in [-0.25, -0.2) is 0 Å². The molecule has 0 rings (SSSR count). The number of rotatable bonds is 33. The maximum absolute atomic E-state index is 13.7. The molecule has 0 spiro atoms. The molecule has 0 aromatic carbocycles. The molecule has 31 heteroatoms. The van der Waals surface area contributed by atoms with Crippen molar-refractivity contribution >= 4 is 82.9 Å². The second-order valence-electron chi connectivity index (χ2n) is 15.8. The van der Waals surface area contributed by atoms with Crippen molar-refractivity contribution in [3.8, 4) is 0 Å². The number of carbonyl (C=O) groups excluding carboxylic acids is 10. The fraction of sp³-hybridized carbons (Fsp3) is 0.632. The molecule has 10 amide bonds. The Balaban J connectivity index is 5.96. The quantitative estimate of drug-likeness (QED) is 0.0165. The zero-order valence-corrected chi connectivity index (χ0v) is 38.8. The fourth-order valence-corrected chi connectivity index (χ4v) is 5.78. The fourth-order valence-electron chi connectivity index (χ4n) is 5.78. The number of nitrogens with zero attached hydrogens (tertiary/aromatic N) is 2. The van der Waals surface area contributed by atoms with E-state index >= 15 is 0 Å². The Bertz CT molecular complexity index is 1900. The van der Waals surface area contributed by atoms with Crippen LogP contribution in [0.1, 0.15) is 66.2 Å². The van der Waals surface area contributed by atoms with Crippen LogP contribution in [0.3, 0.4) is 0 Å². The maximum atomic E-state index is 13.7. The molecule has 0 radical (unpaired) electrons. The van der Waals surface area contributed by atoms with Gasteiger partial charge in [-0.3, -0.25) is 67.5 Å². The number of nitrogens with two attached hydrogens (primary N) is 6. The van der Waals surface area contributed by atoms with Crippen molar-refractivity contribution in [1.82, 2.24) is 47.9 Å². The number of carbonyl (C=O) groups is 12. The topological polar surface area (TPSA) is 534 Å². The Kier molecular flexibility index (Phi) is 28.3. The molecule has 0 saturated carbocycles. The second kappa shape index (κ2) is 31.9. The summed E-state index contributed by atoms with van der Waals surface area (Å²) in [7, 11) is 0. The standard InChI is InChI=1S/C38H67N17O14/c1-17(2)29(35(68)53-21(11-23(40)56)33(66)48-14-25(58)51-20(8-6-10-46-38(43)44)32(65)49-16-28(62)63)55-36(69)30(18(3)4)54-34(67)22(12-27(60)61)52-26(59)15-47-31(64)19(50-24(57)13-39)7-5-9-45-37(41)42/h17-22,29-30H,5-16,39H2,1-4H3,(H2,40,56)(H,47,64)(H,48,66)(H,49,65)(H,50,57)(H,51,58)(H,52,59)(H,53,68)(H,54,67)(H,55,69)(H,60,61)(H,62,63)(H4,41,42,45)(H4,43,44,46)/t19-,20-,21-,22-,29-,30-/m0/s1. The molecule has 0 saturated heterocycles. The molecule has 388 valence electrons. The van der Waals surface area contributed by atoms with E-state index in [9.17, 15) is 62.6 Å². The van der Waals surface area contributed by atoms with Crippen molar-refractivity contribution < 1.29 is 67.7 Å². The van der Waals surface area contributed by atoms with Crippen molar-refractivity contribution in [2.45, 2.75) is 102 Å². The molecule has 0 aromatic rings. The minimum absolute atomic E-state index is 0.0253. The highest BCUT2D eigenvalue weighted by Crippen LogP contribution is 2.09. The lowest BCUT2D eigenvalue weighted by molar-refractivity contribution is -0.141. The highest BCUT2D eigenvalue weighted by Gasteiger charge is 2.35. The SMILES string of the molecule is CC(C)[C@H](NC(=O)[C@H](CC(=O)O)NC(=O)CNC(=O)[C@H](CCCN=C(N)N)NC(=O)CN)C(=O)N[C@H](C(=O)N[C@@H](CC(N)=O)C(=O)NCC(=O)N[C@@H](CCCN=C(N)N)C(=O)NCC(=O)O)C(C)C. The summed E-state index contributed by atoms with van der Waals surface area (Å²) in [5, 5.41) is 39.0. The van der Waals surface area contributed by atoms with Crippen molar-refractivity contribution in [2.75, 3.05) is 39.3 Å². The molecular formula is C38H67N17O14. The Morgan fingerprint density at radius 1 is 0.449 bits per heavy atom. The van der Waals surface area contributed by atoms with Gasteiger partial charge in [0.25, 0.3) is 0 Å². The van der Waals surface area contributed by atoms with Gasteiger partial charge in [0.15, 0.2) is 11.9 Å². The largest absolute Gasteiger partial charge is 0.481 e. The van der Waals surface area contributed by atoms with Crippen LogP contribution in [-0.2, 0) is 57.5 Å². The van der Waals surface area contributed by atoms with Gasteiger partial charge in [-0.2, -0.15) is 0 Å². The predicted molar refractivity (Wildman–Crippen MR) is 243 cm³/mol. The number of guanidine groups is 2. The van der Waals surface area contributed by atoms with Gasteiger partial charge in [-0.05, 0) is 37.5 Å². The monoisotopic (exact) mass is 986 g/mol. The van der Waals surface area contributed by atoms with Gasteiger partial charge in [0.2, 0.25) is 59.1 Å². The first kappa shape index (κ1) is 61.1. The third-order valence-corrected chi connectivity index (χ3v) is 9.20. The molecule has 0 aliphatic heterocycles. The molecule has 0 bridgehead atoms. The number of carboxylic acid groups (broad SMARTS) is 2. The smallest absolute Gasteiger partial charge is 0.322 e. The van der Waals surface area contributed by atoms with E-state index in [2.05, 4.69) is 57.8 Å². The van der Waals surface area contributed by atoms with Crippen molar-refractivity contribution in [2.24, 2.45) is 56.2 Å². The Hall–Kier alpha value is -7.86. The van der Waals surface area contributed by atoms with Gasteiger partial charge in [-0.15, -0.1) is 0 Å². The van der Waals surface area contributed by atoms with Gasteiger partial charge in [-0.1, -0.05) is 27.7 Å². The lowest BCUT2D eigenvalue weighted by Gasteiger charge is -2.29. The van der Waals surface area contributed by atoms with E-state index in [1.807, 2.05) is 0 Å². The summed E-state index contributed by atoms with van der Waals surface area (Å²) in [4.78, 5) is 159. The minimum atomic E-state index is -1.80. The molecular weight excluding hydrogens is 919 g/mol. The Labute approximate surface area is 396 Å². The first-order valence-corrected chi connectivity index (χ1v) is 21.3. The van der Waals surface area contributed by atoms with Gasteiger partial charge in [0.05, 0.1) is 32.5 Å². The average molecular weight is 986 g/mol. The minimum Gasteiger partial charge on any atom is -0.481 e. The van der Waals surface area contributed by atoms with Gasteiger partial charge in [0, 0.05) is 13.1 Å². The van der Waals surface area contributed by atoms with Crippen LogP contribution in [0.4, 0.5) is 0 Å². The van der Waals surface area contributed by atoms with E-state index < -0.39 is 158 Å². The number of primary amides is 1. The van der Waals surface area contributed by atoms with Crippen LogP contribution in [0, 0.1) is 11.8 Å². The molecule has 23 N–H and O–H groups in total. The Morgan fingerprint density at radius 3 is 1.22 bits per heavy atom. The summed E-state index contributed by atoms with van der Waals surface area (Å²) >= 11 is 0. The van der Waals surface area contributed by atoms with Crippen LogP contribution in [0.2, 0.25) is 0 Å². The molecule has 0 heterocycles. The second-order valence-corrected chi connectivity index (χ2v) is 15.8. The summed E-state index contributed by atoms with van der Waals surface area (Å²) < 4.78 is 0. The molecule has 0 aliphatic rings.